The van der Waals surface area contributed by atoms with Gasteiger partial charge in [-0.2, -0.15) is 0 Å². The molecule has 1 saturated carbocycles. The van der Waals surface area contributed by atoms with E-state index in [1.165, 1.54) is 31.2 Å². The molecule has 1 aliphatic carbocycles. The molecule has 16 heavy (non-hydrogen) atoms. The van der Waals surface area contributed by atoms with Gasteiger partial charge in [-0.05, 0) is 37.3 Å². The van der Waals surface area contributed by atoms with E-state index in [1.54, 1.807) is 0 Å². The van der Waals surface area contributed by atoms with Crippen molar-refractivity contribution < 1.29 is 0 Å². The first-order valence-electron chi connectivity index (χ1n) is 6.53. The molecular weight excluding hydrogens is 194 g/mol. The second-order valence-electron chi connectivity index (χ2n) is 5.12. The SMILES string of the molecule is CNC(CCC1CC1)C(C)c1ccccc1. The van der Waals surface area contributed by atoms with Crippen LogP contribution >= 0.6 is 0 Å². The Morgan fingerprint density at radius 1 is 1.25 bits per heavy atom. The topological polar surface area (TPSA) is 12.0 Å². The predicted octanol–water partition coefficient (Wildman–Crippen LogP) is 3.57. The Morgan fingerprint density at radius 2 is 1.94 bits per heavy atom. The zero-order chi connectivity index (χ0) is 11.4. The van der Waals surface area contributed by atoms with E-state index >= 15 is 0 Å². The Balaban J connectivity index is 1.91. The van der Waals surface area contributed by atoms with Crippen molar-refractivity contribution >= 4 is 0 Å². The van der Waals surface area contributed by atoms with E-state index in [9.17, 15) is 0 Å². The molecular formula is C15H23N. The fourth-order valence-corrected chi connectivity index (χ4v) is 2.46. The summed E-state index contributed by atoms with van der Waals surface area (Å²) in [5.41, 5.74) is 1.46. The molecule has 1 N–H and O–H groups in total. The third-order valence-electron chi connectivity index (χ3n) is 3.88. The lowest BCUT2D eigenvalue weighted by atomic mass is 9.90. The third kappa shape index (κ3) is 3.08. The first-order valence-corrected chi connectivity index (χ1v) is 6.53. The standard InChI is InChI=1S/C15H23N/c1-12(14-6-4-3-5-7-14)15(16-2)11-10-13-8-9-13/h3-7,12-13,15-16H,8-11H2,1-2H3. The Kier molecular flexibility index (Phi) is 4.00. The molecule has 0 heterocycles. The summed E-state index contributed by atoms with van der Waals surface area (Å²) in [6.07, 6.45) is 5.66. The fourth-order valence-electron chi connectivity index (χ4n) is 2.46. The minimum Gasteiger partial charge on any atom is -0.316 e. The van der Waals surface area contributed by atoms with Gasteiger partial charge in [-0.15, -0.1) is 0 Å². The highest BCUT2D eigenvalue weighted by Gasteiger charge is 2.24. The number of hydrogen-bond donors (Lipinski definition) is 1. The van der Waals surface area contributed by atoms with E-state index in [4.69, 9.17) is 0 Å². The Labute approximate surface area is 99.3 Å². The van der Waals surface area contributed by atoms with Gasteiger partial charge in [0.05, 0.1) is 0 Å². The maximum absolute atomic E-state index is 3.48. The molecule has 2 unspecified atom stereocenters. The summed E-state index contributed by atoms with van der Waals surface area (Å²) in [7, 11) is 2.09. The van der Waals surface area contributed by atoms with Gasteiger partial charge in [0.15, 0.2) is 0 Å². The molecule has 0 amide bonds. The molecule has 0 aliphatic heterocycles. The van der Waals surface area contributed by atoms with Gasteiger partial charge in [0.1, 0.15) is 0 Å². The van der Waals surface area contributed by atoms with Crippen LogP contribution in [0.1, 0.15) is 44.1 Å². The summed E-state index contributed by atoms with van der Waals surface area (Å²) in [4.78, 5) is 0. The van der Waals surface area contributed by atoms with Gasteiger partial charge < -0.3 is 5.32 Å². The quantitative estimate of drug-likeness (QED) is 0.768. The summed E-state index contributed by atoms with van der Waals surface area (Å²) >= 11 is 0. The van der Waals surface area contributed by atoms with Gasteiger partial charge in [-0.1, -0.05) is 50.1 Å². The Morgan fingerprint density at radius 3 is 2.50 bits per heavy atom. The number of likely N-dealkylation sites (N-methyl/N-ethyl adjacent to an activating group) is 1. The van der Waals surface area contributed by atoms with Crippen molar-refractivity contribution in [3.8, 4) is 0 Å². The van der Waals surface area contributed by atoms with Crippen LogP contribution in [0.4, 0.5) is 0 Å². The summed E-state index contributed by atoms with van der Waals surface area (Å²) in [6, 6.07) is 11.5. The monoisotopic (exact) mass is 217 g/mol. The first-order chi connectivity index (χ1) is 7.81. The molecule has 0 aromatic heterocycles. The molecule has 2 atom stereocenters. The number of hydrogen-bond acceptors (Lipinski definition) is 1. The molecule has 0 saturated heterocycles. The molecule has 1 aromatic carbocycles. The molecule has 1 nitrogen and oxygen atoms in total. The summed E-state index contributed by atoms with van der Waals surface area (Å²) in [5, 5.41) is 3.48. The van der Waals surface area contributed by atoms with Crippen LogP contribution in [0.15, 0.2) is 30.3 Å². The molecule has 2 rings (SSSR count). The fraction of sp³-hybridized carbons (Fsp3) is 0.600. The zero-order valence-electron chi connectivity index (χ0n) is 10.4. The third-order valence-corrected chi connectivity index (χ3v) is 3.88. The second kappa shape index (κ2) is 5.49. The van der Waals surface area contributed by atoms with Crippen LogP contribution in [0, 0.1) is 5.92 Å². The van der Waals surface area contributed by atoms with E-state index in [0.717, 1.165) is 5.92 Å². The zero-order valence-corrected chi connectivity index (χ0v) is 10.4. The van der Waals surface area contributed by atoms with E-state index in [2.05, 4.69) is 49.6 Å². The van der Waals surface area contributed by atoms with E-state index in [-0.39, 0.29) is 0 Å². The smallest absolute Gasteiger partial charge is 0.0130 e. The number of benzene rings is 1. The summed E-state index contributed by atoms with van der Waals surface area (Å²) in [5.74, 6) is 1.66. The Hall–Kier alpha value is -0.820. The van der Waals surface area contributed by atoms with Crippen molar-refractivity contribution in [1.29, 1.82) is 0 Å². The highest BCUT2D eigenvalue weighted by atomic mass is 14.9. The predicted molar refractivity (Wildman–Crippen MR) is 69.7 cm³/mol. The lowest BCUT2D eigenvalue weighted by Crippen LogP contribution is -2.30. The molecule has 0 bridgehead atoms. The van der Waals surface area contributed by atoms with Crippen molar-refractivity contribution in [3.63, 3.8) is 0 Å². The second-order valence-corrected chi connectivity index (χ2v) is 5.12. The van der Waals surface area contributed by atoms with Crippen molar-refractivity contribution in [2.24, 2.45) is 5.92 Å². The van der Waals surface area contributed by atoms with Crippen LogP contribution in [0.25, 0.3) is 0 Å². The average Bonchev–Trinajstić information content (AvgIpc) is 3.15. The molecule has 1 fully saturated rings. The maximum atomic E-state index is 3.48. The van der Waals surface area contributed by atoms with Crippen LogP contribution < -0.4 is 5.32 Å². The van der Waals surface area contributed by atoms with Crippen molar-refractivity contribution in [2.75, 3.05) is 7.05 Å². The average molecular weight is 217 g/mol. The highest BCUT2D eigenvalue weighted by Crippen LogP contribution is 2.35. The lowest BCUT2D eigenvalue weighted by Gasteiger charge is -2.24. The van der Waals surface area contributed by atoms with Gasteiger partial charge in [0, 0.05) is 6.04 Å². The molecule has 1 aliphatic rings. The van der Waals surface area contributed by atoms with Crippen LogP contribution in [0.3, 0.4) is 0 Å². The van der Waals surface area contributed by atoms with Crippen molar-refractivity contribution in [2.45, 2.75) is 44.6 Å². The normalized spacial score (nSPS) is 19.4. The van der Waals surface area contributed by atoms with E-state index in [1.807, 2.05) is 0 Å². The van der Waals surface area contributed by atoms with Crippen LogP contribution in [0.5, 0.6) is 0 Å². The van der Waals surface area contributed by atoms with Crippen LogP contribution in [0.2, 0.25) is 0 Å². The molecule has 1 aromatic rings. The summed E-state index contributed by atoms with van der Waals surface area (Å²) in [6.45, 7) is 2.34. The van der Waals surface area contributed by atoms with E-state index in [0.29, 0.717) is 12.0 Å². The van der Waals surface area contributed by atoms with E-state index < -0.39 is 0 Å². The van der Waals surface area contributed by atoms with Crippen molar-refractivity contribution in [3.05, 3.63) is 35.9 Å². The maximum Gasteiger partial charge on any atom is 0.0130 e. The molecule has 88 valence electrons. The van der Waals surface area contributed by atoms with Gasteiger partial charge in [0.25, 0.3) is 0 Å². The molecule has 0 spiro atoms. The highest BCUT2D eigenvalue weighted by molar-refractivity contribution is 5.20. The first kappa shape index (κ1) is 11.7. The van der Waals surface area contributed by atoms with Gasteiger partial charge in [0.2, 0.25) is 0 Å². The summed E-state index contributed by atoms with van der Waals surface area (Å²) < 4.78 is 0. The largest absolute Gasteiger partial charge is 0.316 e. The van der Waals surface area contributed by atoms with Crippen LogP contribution in [-0.2, 0) is 0 Å². The van der Waals surface area contributed by atoms with Crippen LogP contribution in [-0.4, -0.2) is 13.1 Å². The number of nitrogens with one attached hydrogen (secondary N) is 1. The lowest BCUT2D eigenvalue weighted by molar-refractivity contribution is 0.432. The minimum absolute atomic E-state index is 0.616. The minimum atomic E-state index is 0.616. The van der Waals surface area contributed by atoms with Gasteiger partial charge in [-0.25, -0.2) is 0 Å². The number of rotatable bonds is 6. The van der Waals surface area contributed by atoms with Crippen molar-refractivity contribution in [1.82, 2.24) is 5.32 Å². The Bertz CT molecular complexity index is 302. The van der Waals surface area contributed by atoms with Gasteiger partial charge in [-0.3, -0.25) is 0 Å². The van der Waals surface area contributed by atoms with Gasteiger partial charge >= 0.3 is 0 Å². The molecule has 0 radical (unpaired) electrons. The molecule has 1 heteroatoms.